The van der Waals surface area contributed by atoms with Crippen LogP contribution in [0.3, 0.4) is 0 Å². The summed E-state index contributed by atoms with van der Waals surface area (Å²) in [6, 6.07) is 6.44. The third-order valence-corrected chi connectivity index (χ3v) is 3.66. The van der Waals surface area contributed by atoms with Crippen LogP contribution in [0.1, 0.15) is 32.6 Å². The number of benzene rings is 1. The van der Waals surface area contributed by atoms with Gasteiger partial charge in [0.25, 0.3) is 0 Å². The molecule has 0 radical (unpaired) electrons. The summed E-state index contributed by atoms with van der Waals surface area (Å²) in [6.07, 6.45) is 4.49. The van der Waals surface area contributed by atoms with E-state index in [1.165, 1.54) is 25.0 Å². The van der Waals surface area contributed by atoms with E-state index in [2.05, 4.69) is 17.6 Å². The Morgan fingerprint density at radius 2 is 2.05 bits per heavy atom. The van der Waals surface area contributed by atoms with Crippen LogP contribution in [0.2, 0.25) is 0 Å². The number of halogens is 1. The number of carbonyl (C=O) groups is 1. The van der Waals surface area contributed by atoms with Gasteiger partial charge in [0.1, 0.15) is 5.82 Å². The predicted octanol–water partition coefficient (Wildman–Crippen LogP) is 2.93. The van der Waals surface area contributed by atoms with Crippen molar-refractivity contribution < 1.29 is 9.18 Å². The number of amides is 1. The molecule has 1 fully saturated rings. The molecule has 3 nitrogen and oxygen atoms in total. The first-order valence-electron chi connectivity index (χ1n) is 6.92. The Bertz CT molecular complexity index is 428. The summed E-state index contributed by atoms with van der Waals surface area (Å²) in [5, 5.41) is 5.96. The van der Waals surface area contributed by atoms with Gasteiger partial charge in [-0.15, -0.1) is 0 Å². The number of anilines is 1. The highest BCUT2D eigenvalue weighted by atomic mass is 19.1. The van der Waals surface area contributed by atoms with Gasteiger partial charge in [0.15, 0.2) is 0 Å². The van der Waals surface area contributed by atoms with E-state index in [-0.39, 0.29) is 18.3 Å². The molecule has 0 bridgehead atoms. The largest absolute Gasteiger partial charge is 0.376 e. The number of hydrogen-bond acceptors (Lipinski definition) is 2. The molecular formula is C15H21FN2O. The van der Waals surface area contributed by atoms with Gasteiger partial charge in [-0.2, -0.15) is 0 Å². The predicted molar refractivity (Wildman–Crippen MR) is 74.5 cm³/mol. The minimum absolute atomic E-state index is 0.0242. The van der Waals surface area contributed by atoms with Crippen LogP contribution in [0.4, 0.5) is 10.1 Å². The normalized spacial score (nSPS) is 22.8. The van der Waals surface area contributed by atoms with Crippen molar-refractivity contribution >= 4 is 11.6 Å². The average molecular weight is 264 g/mol. The van der Waals surface area contributed by atoms with Gasteiger partial charge in [0.05, 0.1) is 6.54 Å². The van der Waals surface area contributed by atoms with Crippen molar-refractivity contribution in [1.82, 2.24) is 5.32 Å². The van der Waals surface area contributed by atoms with E-state index in [0.717, 1.165) is 18.8 Å². The van der Waals surface area contributed by atoms with E-state index >= 15 is 0 Å². The highest BCUT2D eigenvalue weighted by Gasteiger charge is 2.19. The second-order valence-electron chi connectivity index (χ2n) is 5.39. The highest BCUT2D eigenvalue weighted by Crippen LogP contribution is 2.23. The average Bonchev–Trinajstić information content (AvgIpc) is 2.39. The molecule has 0 atom stereocenters. The number of hydrogen-bond donors (Lipinski definition) is 2. The lowest BCUT2D eigenvalue weighted by molar-refractivity contribution is -0.120. The van der Waals surface area contributed by atoms with E-state index in [1.54, 1.807) is 12.1 Å². The maximum Gasteiger partial charge on any atom is 0.239 e. The fraction of sp³-hybridized carbons (Fsp3) is 0.533. The van der Waals surface area contributed by atoms with Crippen LogP contribution >= 0.6 is 0 Å². The van der Waals surface area contributed by atoms with Crippen molar-refractivity contribution in [1.29, 1.82) is 0 Å². The van der Waals surface area contributed by atoms with E-state index < -0.39 is 0 Å². The molecule has 2 N–H and O–H groups in total. The van der Waals surface area contributed by atoms with Gasteiger partial charge in [-0.25, -0.2) is 4.39 Å². The summed E-state index contributed by atoms with van der Waals surface area (Å²) in [4.78, 5) is 11.8. The van der Waals surface area contributed by atoms with Crippen LogP contribution in [0.5, 0.6) is 0 Å². The second kappa shape index (κ2) is 6.55. The monoisotopic (exact) mass is 264 g/mol. The first-order valence-corrected chi connectivity index (χ1v) is 6.92. The van der Waals surface area contributed by atoms with Crippen LogP contribution < -0.4 is 10.6 Å². The molecule has 0 unspecified atom stereocenters. The molecule has 0 spiro atoms. The Hall–Kier alpha value is -1.58. The van der Waals surface area contributed by atoms with Crippen molar-refractivity contribution in [3.8, 4) is 0 Å². The van der Waals surface area contributed by atoms with Gasteiger partial charge in [0.2, 0.25) is 5.91 Å². The number of rotatable bonds is 4. The smallest absolute Gasteiger partial charge is 0.239 e. The second-order valence-corrected chi connectivity index (χ2v) is 5.39. The van der Waals surface area contributed by atoms with Gasteiger partial charge in [0, 0.05) is 11.7 Å². The van der Waals surface area contributed by atoms with Crippen molar-refractivity contribution in [2.75, 3.05) is 11.9 Å². The molecule has 4 heteroatoms. The van der Waals surface area contributed by atoms with Gasteiger partial charge < -0.3 is 10.6 Å². The van der Waals surface area contributed by atoms with Crippen LogP contribution in [0.15, 0.2) is 24.3 Å². The molecule has 0 saturated heterocycles. The van der Waals surface area contributed by atoms with Crippen LogP contribution in [-0.4, -0.2) is 18.5 Å². The summed E-state index contributed by atoms with van der Waals surface area (Å²) in [6.45, 7) is 2.44. The summed E-state index contributed by atoms with van der Waals surface area (Å²) < 4.78 is 13.0. The molecule has 0 aliphatic heterocycles. The molecule has 0 heterocycles. The number of carbonyl (C=O) groups excluding carboxylic acids is 1. The van der Waals surface area contributed by atoms with Crippen LogP contribution in [-0.2, 0) is 4.79 Å². The molecule has 2 rings (SSSR count). The van der Waals surface area contributed by atoms with Gasteiger partial charge >= 0.3 is 0 Å². The summed E-state index contributed by atoms with van der Waals surface area (Å²) >= 11 is 0. The Morgan fingerprint density at radius 1 is 1.32 bits per heavy atom. The highest BCUT2D eigenvalue weighted by molar-refractivity contribution is 5.80. The maximum absolute atomic E-state index is 13.0. The zero-order chi connectivity index (χ0) is 13.7. The van der Waals surface area contributed by atoms with E-state index in [4.69, 9.17) is 0 Å². The minimum Gasteiger partial charge on any atom is -0.376 e. The van der Waals surface area contributed by atoms with Crippen molar-refractivity contribution in [2.24, 2.45) is 5.92 Å². The quantitative estimate of drug-likeness (QED) is 0.878. The fourth-order valence-electron chi connectivity index (χ4n) is 2.46. The lowest BCUT2D eigenvalue weighted by Gasteiger charge is -2.27. The van der Waals surface area contributed by atoms with E-state index in [1.807, 2.05) is 0 Å². The molecular weight excluding hydrogens is 243 g/mol. The zero-order valence-corrected chi connectivity index (χ0v) is 11.3. The Morgan fingerprint density at radius 3 is 2.74 bits per heavy atom. The molecule has 1 aliphatic rings. The Balaban J connectivity index is 1.73. The van der Waals surface area contributed by atoms with Crippen LogP contribution in [0.25, 0.3) is 0 Å². The van der Waals surface area contributed by atoms with E-state index in [0.29, 0.717) is 11.7 Å². The third kappa shape index (κ3) is 4.54. The molecule has 1 saturated carbocycles. The van der Waals surface area contributed by atoms with E-state index in [9.17, 15) is 9.18 Å². The molecule has 1 aliphatic carbocycles. The van der Waals surface area contributed by atoms with Crippen LogP contribution in [0, 0.1) is 11.7 Å². The summed E-state index contributed by atoms with van der Waals surface area (Å²) in [5.74, 6) is 0.453. The molecule has 1 aromatic carbocycles. The van der Waals surface area contributed by atoms with Crippen molar-refractivity contribution in [3.63, 3.8) is 0 Å². The van der Waals surface area contributed by atoms with Crippen molar-refractivity contribution in [2.45, 2.75) is 38.6 Å². The molecule has 1 amide bonds. The molecule has 1 aromatic rings. The minimum atomic E-state index is -0.299. The first-order chi connectivity index (χ1) is 9.13. The number of nitrogens with one attached hydrogen (secondary N) is 2. The summed E-state index contributed by atoms with van der Waals surface area (Å²) in [7, 11) is 0. The Kier molecular flexibility index (Phi) is 4.77. The first kappa shape index (κ1) is 13.8. The standard InChI is InChI=1S/C15H21FN2O/c1-11-5-7-13(8-6-11)18-15(19)10-17-14-4-2-3-12(16)9-14/h2-4,9,11,13,17H,5-8,10H2,1H3,(H,18,19). The third-order valence-electron chi connectivity index (χ3n) is 3.66. The lowest BCUT2D eigenvalue weighted by Crippen LogP contribution is -2.40. The summed E-state index contributed by atoms with van der Waals surface area (Å²) in [5.41, 5.74) is 0.632. The Labute approximate surface area is 113 Å². The fourth-order valence-corrected chi connectivity index (χ4v) is 2.46. The molecule has 19 heavy (non-hydrogen) atoms. The van der Waals surface area contributed by atoms with Crippen molar-refractivity contribution in [3.05, 3.63) is 30.1 Å². The SMILES string of the molecule is CC1CCC(NC(=O)CNc2cccc(F)c2)CC1. The zero-order valence-electron chi connectivity index (χ0n) is 11.3. The lowest BCUT2D eigenvalue weighted by atomic mass is 9.87. The molecule has 104 valence electrons. The maximum atomic E-state index is 13.0. The topological polar surface area (TPSA) is 41.1 Å². The van der Waals surface area contributed by atoms with Gasteiger partial charge in [-0.05, 0) is 49.8 Å². The van der Waals surface area contributed by atoms with Gasteiger partial charge in [-0.1, -0.05) is 13.0 Å². The molecule has 0 aromatic heterocycles. The van der Waals surface area contributed by atoms with Gasteiger partial charge in [-0.3, -0.25) is 4.79 Å².